The minimum Gasteiger partial charge on any atom is -0.465 e. The average molecular weight is 402 g/mol. The highest BCUT2D eigenvalue weighted by molar-refractivity contribution is 7.92. The van der Waals surface area contributed by atoms with Gasteiger partial charge in [0, 0.05) is 24.5 Å². The topological polar surface area (TPSA) is 125 Å². The first-order valence-electron chi connectivity index (χ1n) is 7.76. The van der Waals surface area contributed by atoms with Crippen LogP contribution in [0.5, 0.6) is 0 Å². The fraction of sp³-hybridized carbons (Fsp3) is 0.118. The molecule has 3 rings (SSSR count). The molecule has 0 aliphatic rings. The van der Waals surface area contributed by atoms with Gasteiger partial charge in [-0.2, -0.15) is 13.7 Å². The largest absolute Gasteiger partial charge is 0.465 e. The summed E-state index contributed by atoms with van der Waals surface area (Å²) in [7, 11) is -3.86. The minimum absolute atomic E-state index is 0.105. The molecule has 0 aliphatic heterocycles. The summed E-state index contributed by atoms with van der Waals surface area (Å²) in [6.07, 6.45) is 2.05. The standard InChI is InChI=1S/C17H14N4O4S2/c18-10-14-13(3-1-6-19-14)15-9-12(5-7-20-17(22)23)11-21(15)27(24,25)16-4-2-8-26-16/h1-4,6,8-9,11,20H,5,7H2,(H,22,23). The molecule has 0 aromatic carbocycles. The summed E-state index contributed by atoms with van der Waals surface area (Å²) in [6, 6.07) is 9.99. The molecule has 1 amide bonds. The van der Waals surface area contributed by atoms with Crippen LogP contribution in [-0.4, -0.2) is 35.1 Å². The Morgan fingerprint density at radius 3 is 2.85 bits per heavy atom. The predicted octanol–water partition coefficient (Wildman–Crippen LogP) is 2.53. The maximum absolute atomic E-state index is 13.0. The Hall–Kier alpha value is -3.16. The summed E-state index contributed by atoms with van der Waals surface area (Å²) in [6.45, 7) is 0.135. The van der Waals surface area contributed by atoms with Crippen LogP contribution in [0.3, 0.4) is 0 Å². The highest BCUT2D eigenvalue weighted by atomic mass is 32.2. The monoisotopic (exact) mass is 402 g/mol. The van der Waals surface area contributed by atoms with E-state index in [0.29, 0.717) is 23.2 Å². The van der Waals surface area contributed by atoms with Crippen molar-refractivity contribution in [1.29, 1.82) is 5.26 Å². The predicted molar refractivity (Wildman–Crippen MR) is 99.0 cm³/mol. The summed E-state index contributed by atoms with van der Waals surface area (Å²) in [5.74, 6) is 0. The lowest BCUT2D eigenvalue weighted by Gasteiger charge is -2.09. The quantitative estimate of drug-likeness (QED) is 0.653. The smallest absolute Gasteiger partial charge is 0.404 e. The van der Waals surface area contributed by atoms with Crippen molar-refractivity contribution in [1.82, 2.24) is 14.3 Å². The van der Waals surface area contributed by atoms with E-state index in [-0.39, 0.29) is 16.4 Å². The van der Waals surface area contributed by atoms with Crippen molar-refractivity contribution in [3.63, 3.8) is 0 Å². The van der Waals surface area contributed by atoms with E-state index in [9.17, 15) is 18.5 Å². The van der Waals surface area contributed by atoms with Crippen LogP contribution >= 0.6 is 11.3 Å². The van der Waals surface area contributed by atoms with Crippen molar-refractivity contribution in [2.75, 3.05) is 6.54 Å². The van der Waals surface area contributed by atoms with E-state index in [0.717, 1.165) is 15.3 Å². The third-order valence-electron chi connectivity index (χ3n) is 3.73. The minimum atomic E-state index is -3.86. The zero-order chi connectivity index (χ0) is 19.4. The summed E-state index contributed by atoms with van der Waals surface area (Å²) < 4.78 is 27.4. The molecule has 138 valence electrons. The van der Waals surface area contributed by atoms with E-state index in [4.69, 9.17) is 5.11 Å². The molecule has 0 aliphatic carbocycles. The first kappa shape index (κ1) is 18.6. The molecule has 3 aromatic rings. The normalized spacial score (nSPS) is 11.1. The molecular weight excluding hydrogens is 388 g/mol. The van der Waals surface area contributed by atoms with Gasteiger partial charge in [0.2, 0.25) is 0 Å². The average Bonchev–Trinajstić information content (AvgIpc) is 3.32. The molecule has 0 unspecified atom stereocenters. The second kappa shape index (κ2) is 7.61. The number of hydrogen-bond acceptors (Lipinski definition) is 6. The summed E-state index contributed by atoms with van der Waals surface area (Å²) in [5, 5.41) is 21.9. The summed E-state index contributed by atoms with van der Waals surface area (Å²) >= 11 is 1.09. The number of hydrogen-bond donors (Lipinski definition) is 2. The van der Waals surface area contributed by atoms with Crippen molar-refractivity contribution < 1.29 is 18.3 Å². The highest BCUT2D eigenvalue weighted by Crippen LogP contribution is 2.30. The number of nitrogens with one attached hydrogen (secondary N) is 1. The summed E-state index contributed by atoms with van der Waals surface area (Å²) in [4.78, 5) is 14.6. The fourth-order valence-electron chi connectivity index (χ4n) is 2.55. The third kappa shape index (κ3) is 3.84. The zero-order valence-electron chi connectivity index (χ0n) is 13.9. The van der Waals surface area contributed by atoms with E-state index < -0.39 is 16.1 Å². The number of rotatable bonds is 6. The van der Waals surface area contributed by atoms with Gasteiger partial charge >= 0.3 is 6.09 Å². The maximum Gasteiger partial charge on any atom is 0.404 e. The van der Waals surface area contributed by atoms with Crippen LogP contribution in [0.1, 0.15) is 11.3 Å². The number of nitriles is 1. The van der Waals surface area contributed by atoms with Crippen molar-refractivity contribution >= 4 is 27.5 Å². The molecule has 2 N–H and O–H groups in total. The van der Waals surface area contributed by atoms with Crippen molar-refractivity contribution in [3.8, 4) is 17.3 Å². The van der Waals surface area contributed by atoms with Gasteiger partial charge in [0.25, 0.3) is 10.0 Å². The molecule has 8 nitrogen and oxygen atoms in total. The van der Waals surface area contributed by atoms with Gasteiger partial charge in [-0.15, -0.1) is 11.3 Å². The van der Waals surface area contributed by atoms with Gasteiger partial charge in [-0.25, -0.2) is 13.8 Å². The van der Waals surface area contributed by atoms with E-state index in [2.05, 4.69) is 10.3 Å². The highest BCUT2D eigenvalue weighted by Gasteiger charge is 2.24. The van der Waals surface area contributed by atoms with Crippen LogP contribution < -0.4 is 5.32 Å². The molecule has 0 radical (unpaired) electrons. The van der Waals surface area contributed by atoms with Gasteiger partial charge in [-0.05, 0) is 41.6 Å². The molecule has 10 heteroatoms. The Morgan fingerprint density at radius 1 is 1.37 bits per heavy atom. The molecule has 0 atom stereocenters. The van der Waals surface area contributed by atoms with Gasteiger partial charge in [0.05, 0.1) is 5.69 Å². The lowest BCUT2D eigenvalue weighted by atomic mass is 10.1. The van der Waals surface area contributed by atoms with Crippen LogP contribution in [-0.2, 0) is 16.4 Å². The van der Waals surface area contributed by atoms with E-state index in [1.807, 2.05) is 6.07 Å². The van der Waals surface area contributed by atoms with Crippen molar-refractivity contribution in [3.05, 3.63) is 59.4 Å². The molecule has 0 fully saturated rings. The Morgan fingerprint density at radius 2 is 2.19 bits per heavy atom. The number of pyridine rings is 1. The Bertz CT molecular complexity index is 1110. The van der Waals surface area contributed by atoms with Crippen LogP contribution in [0, 0.1) is 11.3 Å². The maximum atomic E-state index is 13.0. The number of carbonyl (C=O) groups is 1. The number of thiophene rings is 1. The van der Waals surface area contributed by atoms with Gasteiger partial charge < -0.3 is 10.4 Å². The van der Waals surface area contributed by atoms with Gasteiger partial charge in [0.15, 0.2) is 0 Å². The number of amides is 1. The Labute approximate surface area is 159 Å². The van der Waals surface area contributed by atoms with E-state index >= 15 is 0 Å². The van der Waals surface area contributed by atoms with Gasteiger partial charge in [-0.3, -0.25) is 0 Å². The second-order valence-corrected chi connectivity index (χ2v) is 8.45. The molecule has 27 heavy (non-hydrogen) atoms. The Balaban J connectivity index is 2.12. The molecule has 0 saturated heterocycles. The van der Waals surface area contributed by atoms with Gasteiger partial charge in [-0.1, -0.05) is 6.07 Å². The van der Waals surface area contributed by atoms with Crippen LogP contribution in [0.15, 0.2) is 52.3 Å². The number of nitrogens with zero attached hydrogens (tertiary/aromatic N) is 3. The van der Waals surface area contributed by atoms with Crippen molar-refractivity contribution in [2.45, 2.75) is 10.6 Å². The fourth-order valence-corrected chi connectivity index (χ4v) is 5.02. The van der Waals surface area contributed by atoms with Crippen LogP contribution in [0.4, 0.5) is 4.79 Å². The number of aromatic nitrogens is 2. The molecule has 3 aromatic heterocycles. The zero-order valence-corrected chi connectivity index (χ0v) is 15.5. The third-order valence-corrected chi connectivity index (χ3v) is 6.78. The first-order chi connectivity index (χ1) is 12.9. The van der Waals surface area contributed by atoms with Crippen LogP contribution in [0.25, 0.3) is 11.3 Å². The molecule has 0 bridgehead atoms. The van der Waals surface area contributed by atoms with E-state index in [1.54, 1.807) is 29.6 Å². The molecule has 3 heterocycles. The van der Waals surface area contributed by atoms with Crippen molar-refractivity contribution in [2.24, 2.45) is 0 Å². The van der Waals surface area contributed by atoms with Crippen LogP contribution in [0.2, 0.25) is 0 Å². The summed E-state index contributed by atoms with van der Waals surface area (Å²) in [5.41, 5.74) is 1.41. The lowest BCUT2D eigenvalue weighted by Crippen LogP contribution is -2.23. The van der Waals surface area contributed by atoms with E-state index in [1.165, 1.54) is 18.5 Å². The molecule has 0 spiro atoms. The molecular formula is C17H14N4O4S2. The first-order valence-corrected chi connectivity index (χ1v) is 10.1. The number of carboxylic acid groups (broad SMARTS) is 1. The van der Waals surface area contributed by atoms with Gasteiger partial charge in [0.1, 0.15) is 16.0 Å². The molecule has 0 saturated carbocycles. The SMILES string of the molecule is N#Cc1ncccc1-c1cc(CCNC(=O)O)cn1S(=O)(=O)c1cccs1. The Kier molecular flexibility index (Phi) is 5.25. The lowest BCUT2D eigenvalue weighted by molar-refractivity contribution is 0.194. The second-order valence-electron chi connectivity index (χ2n) is 5.46.